The highest BCUT2D eigenvalue weighted by Gasteiger charge is 2.42. The molecule has 0 N–H and O–H groups in total. The number of rotatable bonds is 9. The van der Waals surface area contributed by atoms with Gasteiger partial charge in [0.2, 0.25) is 5.91 Å². The van der Waals surface area contributed by atoms with Crippen LogP contribution in [0, 0.1) is 5.82 Å². The van der Waals surface area contributed by atoms with Gasteiger partial charge in [0.15, 0.2) is 0 Å². The second kappa shape index (κ2) is 11.1. The maximum absolute atomic E-state index is 13.8. The first-order chi connectivity index (χ1) is 15.8. The lowest BCUT2D eigenvalue weighted by molar-refractivity contribution is -0.274. The maximum atomic E-state index is 13.8. The summed E-state index contributed by atoms with van der Waals surface area (Å²) in [6, 6.07) is 9.34. The van der Waals surface area contributed by atoms with Crippen molar-refractivity contribution in [2.75, 3.05) is 13.6 Å². The molecule has 0 fully saturated rings. The Morgan fingerprint density at radius 3 is 2.32 bits per heavy atom. The lowest BCUT2D eigenvalue weighted by Crippen LogP contribution is -2.58. The Hall–Kier alpha value is -2.78. The molecule has 2 aromatic carbocycles. The Labute approximate surface area is 204 Å². The highest BCUT2D eigenvalue weighted by atomic mass is 35.5. The van der Waals surface area contributed by atoms with Gasteiger partial charge in [-0.25, -0.2) is 4.39 Å². The van der Waals surface area contributed by atoms with E-state index in [2.05, 4.69) is 6.58 Å². The number of carbonyl (C=O) groups excluding carboxylic acids is 2. The molecular weight excluding hydrogens is 499 g/mol. The van der Waals surface area contributed by atoms with E-state index in [4.69, 9.17) is 23.2 Å². The standard InChI is InChI=1S/C23H22Cl2F4N2O3/c1-3-9-22(16-7-8-18(24)19(25)11-16,14-30(2)20(32)12-23(27,28)29)31(21(33)34)13-15-5-4-6-17(26)10-15/h3-8,10-11H,1,9,12-14H2,2H3,(H,33,34)/p-1/t22-/m1/s1. The Balaban J connectivity index is 2.66. The van der Waals surface area contributed by atoms with Crippen LogP contribution in [-0.2, 0) is 16.9 Å². The lowest BCUT2D eigenvalue weighted by Gasteiger charge is -2.47. The number of likely N-dealkylation sites (N-methyl/N-ethyl adjacent to an activating group) is 1. The van der Waals surface area contributed by atoms with Crippen molar-refractivity contribution in [3.05, 3.63) is 82.1 Å². The number of nitrogens with zero attached hydrogens (tertiary/aromatic N) is 2. The normalized spacial score (nSPS) is 13.1. The summed E-state index contributed by atoms with van der Waals surface area (Å²) in [6.07, 6.45) is -6.98. The van der Waals surface area contributed by atoms with Gasteiger partial charge in [0, 0.05) is 20.1 Å². The summed E-state index contributed by atoms with van der Waals surface area (Å²) in [7, 11) is 1.12. The average molecular weight is 520 g/mol. The second-order valence-electron chi connectivity index (χ2n) is 7.68. The Kier molecular flexibility index (Phi) is 8.96. The third-order valence-corrected chi connectivity index (χ3v) is 5.92. The fraction of sp³-hybridized carbons (Fsp3) is 0.304. The van der Waals surface area contributed by atoms with Gasteiger partial charge < -0.3 is 19.7 Å². The first kappa shape index (κ1) is 27.5. The van der Waals surface area contributed by atoms with Gasteiger partial charge in [0.1, 0.15) is 18.3 Å². The molecule has 0 heterocycles. The van der Waals surface area contributed by atoms with E-state index in [9.17, 15) is 32.3 Å². The average Bonchev–Trinajstić information content (AvgIpc) is 2.72. The zero-order valence-corrected chi connectivity index (χ0v) is 19.6. The molecular formula is C23H21Cl2F4N2O3-. The molecule has 34 heavy (non-hydrogen) atoms. The Morgan fingerprint density at radius 2 is 1.79 bits per heavy atom. The number of halogens is 6. The molecule has 5 nitrogen and oxygen atoms in total. The second-order valence-corrected chi connectivity index (χ2v) is 8.49. The molecule has 11 heteroatoms. The molecule has 0 saturated carbocycles. The topological polar surface area (TPSA) is 63.7 Å². The van der Waals surface area contributed by atoms with Crippen LogP contribution in [-0.4, -0.2) is 41.6 Å². The fourth-order valence-corrected chi connectivity index (χ4v) is 3.94. The predicted molar refractivity (Wildman–Crippen MR) is 119 cm³/mol. The minimum Gasteiger partial charge on any atom is -0.530 e. The summed E-state index contributed by atoms with van der Waals surface area (Å²) in [4.78, 5) is 26.2. The molecule has 0 saturated heterocycles. The molecule has 2 amide bonds. The van der Waals surface area contributed by atoms with Gasteiger partial charge in [-0.2, -0.15) is 13.2 Å². The molecule has 2 aromatic rings. The van der Waals surface area contributed by atoms with Gasteiger partial charge in [0.05, 0.1) is 15.6 Å². The van der Waals surface area contributed by atoms with Crippen molar-refractivity contribution < 1.29 is 32.3 Å². The highest BCUT2D eigenvalue weighted by molar-refractivity contribution is 6.42. The molecule has 0 spiro atoms. The third kappa shape index (κ3) is 6.87. The van der Waals surface area contributed by atoms with Gasteiger partial charge in [-0.1, -0.05) is 47.5 Å². The van der Waals surface area contributed by atoms with Crippen molar-refractivity contribution in [3.63, 3.8) is 0 Å². The summed E-state index contributed by atoms with van der Waals surface area (Å²) >= 11 is 12.2. The summed E-state index contributed by atoms with van der Waals surface area (Å²) in [6.45, 7) is 2.74. The molecule has 0 aromatic heterocycles. The van der Waals surface area contributed by atoms with E-state index in [0.717, 1.165) is 22.9 Å². The molecule has 1 atom stereocenters. The number of amides is 2. The van der Waals surface area contributed by atoms with Gasteiger partial charge in [-0.05, 0) is 41.8 Å². The minimum absolute atomic E-state index is 0.0564. The van der Waals surface area contributed by atoms with E-state index in [-0.39, 0.29) is 27.6 Å². The van der Waals surface area contributed by atoms with E-state index in [0.29, 0.717) is 0 Å². The summed E-state index contributed by atoms with van der Waals surface area (Å²) in [5, 5.41) is 12.6. The smallest absolute Gasteiger partial charge is 0.397 e. The van der Waals surface area contributed by atoms with Crippen molar-refractivity contribution in [1.82, 2.24) is 9.80 Å². The number of alkyl halides is 3. The number of carbonyl (C=O) groups is 2. The molecule has 0 radical (unpaired) electrons. The van der Waals surface area contributed by atoms with Crippen LogP contribution in [0.1, 0.15) is 24.0 Å². The molecule has 0 bridgehead atoms. The van der Waals surface area contributed by atoms with Gasteiger partial charge in [-0.15, -0.1) is 6.58 Å². The molecule has 0 unspecified atom stereocenters. The van der Waals surface area contributed by atoms with Gasteiger partial charge in [0.25, 0.3) is 0 Å². The molecule has 0 aliphatic rings. The Bertz CT molecular complexity index is 1060. The number of benzene rings is 2. The molecule has 0 aliphatic heterocycles. The van der Waals surface area contributed by atoms with Crippen LogP contribution in [0.5, 0.6) is 0 Å². The SMILES string of the molecule is C=CC[C@@](CN(C)C(=O)CC(F)(F)F)(c1ccc(Cl)c(Cl)c1)N(Cc1cccc(F)c1)C(=O)[O-]. The van der Waals surface area contributed by atoms with Crippen molar-refractivity contribution in [1.29, 1.82) is 0 Å². The fourth-order valence-electron chi connectivity index (χ4n) is 3.64. The van der Waals surface area contributed by atoms with E-state index in [1.165, 1.54) is 42.5 Å². The number of carboxylic acid groups (broad SMARTS) is 1. The van der Waals surface area contributed by atoms with E-state index < -0.39 is 49.0 Å². The zero-order chi connectivity index (χ0) is 25.7. The molecule has 184 valence electrons. The van der Waals surface area contributed by atoms with Crippen LogP contribution in [0.3, 0.4) is 0 Å². The Morgan fingerprint density at radius 1 is 1.12 bits per heavy atom. The molecule has 2 rings (SSSR count). The van der Waals surface area contributed by atoms with Crippen molar-refractivity contribution in [3.8, 4) is 0 Å². The maximum Gasteiger partial charge on any atom is 0.397 e. The first-order valence-corrected chi connectivity index (χ1v) is 10.6. The van der Waals surface area contributed by atoms with Crippen LogP contribution >= 0.6 is 23.2 Å². The summed E-state index contributed by atoms with van der Waals surface area (Å²) < 4.78 is 52.3. The largest absolute Gasteiger partial charge is 0.530 e. The monoisotopic (exact) mass is 519 g/mol. The van der Waals surface area contributed by atoms with Gasteiger partial charge >= 0.3 is 6.18 Å². The van der Waals surface area contributed by atoms with Crippen molar-refractivity contribution >= 4 is 35.2 Å². The van der Waals surface area contributed by atoms with Crippen LogP contribution in [0.15, 0.2) is 55.1 Å². The lowest BCUT2D eigenvalue weighted by atomic mass is 9.83. The summed E-state index contributed by atoms with van der Waals surface area (Å²) in [5.41, 5.74) is -1.20. The van der Waals surface area contributed by atoms with E-state index >= 15 is 0 Å². The molecule has 0 aliphatic carbocycles. The predicted octanol–water partition coefficient (Wildman–Crippen LogP) is 5.16. The van der Waals surface area contributed by atoms with Crippen LogP contribution in [0.25, 0.3) is 0 Å². The summed E-state index contributed by atoms with van der Waals surface area (Å²) in [5.74, 6) is -1.89. The highest BCUT2D eigenvalue weighted by Crippen LogP contribution is 2.38. The number of hydrogen-bond acceptors (Lipinski definition) is 3. The zero-order valence-electron chi connectivity index (χ0n) is 18.0. The van der Waals surface area contributed by atoms with Crippen molar-refractivity contribution in [2.24, 2.45) is 0 Å². The van der Waals surface area contributed by atoms with Gasteiger partial charge in [-0.3, -0.25) is 4.79 Å². The van der Waals surface area contributed by atoms with Crippen LogP contribution < -0.4 is 5.11 Å². The number of hydrogen-bond donors (Lipinski definition) is 0. The van der Waals surface area contributed by atoms with E-state index in [1.807, 2.05) is 0 Å². The van der Waals surface area contributed by atoms with Crippen LogP contribution in [0.2, 0.25) is 10.0 Å². The first-order valence-electron chi connectivity index (χ1n) is 9.89. The minimum atomic E-state index is -4.76. The van der Waals surface area contributed by atoms with Crippen LogP contribution in [0.4, 0.5) is 22.4 Å². The quantitative estimate of drug-likeness (QED) is 0.339. The third-order valence-electron chi connectivity index (χ3n) is 5.18. The van der Waals surface area contributed by atoms with Crippen molar-refractivity contribution in [2.45, 2.75) is 31.1 Å². The van der Waals surface area contributed by atoms with E-state index in [1.54, 1.807) is 0 Å².